The van der Waals surface area contributed by atoms with Gasteiger partial charge in [-0.3, -0.25) is 4.57 Å². The lowest BCUT2D eigenvalue weighted by molar-refractivity contribution is 0.218. The van der Waals surface area contributed by atoms with Crippen molar-refractivity contribution < 1.29 is 0 Å². The minimum absolute atomic E-state index is 0.552. The smallest absolute Gasteiger partial charge is 0.179 e. The molecule has 0 bridgehead atoms. The molecule has 15 heavy (non-hydrogen) atoms. The van der Waals surface area contributed by atoms with Crippen molar-refractivity contribution in [2.45, 2.75) is 25.8 Å². The quantitative estimate of drug-likeness (QED) is 0.748. The summed E-state index contributed by atoms with van der Waals surface area (Å²) >= 11 is 5.34. The van der Waals surface area contributed by atoms with Crippen LogP contribution in [0.25, 0.3) is 11.2 Å². The molecule has 2 heterocycles. The normalized spacial score (nSPS) is 25.4. The van der Waals surface area contributed by atoms with E-state index in [-0.39, 0.29) is 0 Å². The number of nitrogens with one attached hydrogen (secondary N) is 1. The van der Waals surface area contributed by atoms with E-state index in [9.17, 15) is 0 Å². The number of nitrogens with zero attached hydrogens (tertiary/aromatic N) is 2. The molecule has 78 valence electrons. The molecule has 0 radical (unpaired) electrons. The molecule has 4 heteroatoms. The largest absolute Gasteiger partial charge is 0.329 e. The Morgan fingerprint density at radius 2 is 2.33 bits per heavy atom. The summed E-state index contributed by atoms with van der Waals surface area (Å²) < 4.78 is 2.98. The van der Waals surface area contributed by atoms with Crippen LogP contribution in [-0.4, -0.2) is 14.5 Å². The Morgan fingerprint density at radius 1 is 1.53 bits per heavy atom. The number of rotatable bonds is 1. The zero-order chi connectivity index (χ0) is 10.4. The van der Waals surface area contributed by atoms with Gasteiger partial charge in [0.25, 0.3) is 0 Å². The first kappa shape index (κ1) is 9.09. The molecule has 0 aromatic carbocycles. The van der Waals surface area contributed by atoms with Gasteiger partial charge in [-0.25, -0.2) is 4.98 Å². The number of aromatic amines is 1. The third-order valence-electron chi connectivity index (χ3n) is 3.19. The van der Waals surface area contributed by atoms with Crippen LogP contribution >= 0.6 is 12.2 Å². The molecule has 2 aromatic rings. The Bertz CT molecular complexity index is 548. The van der Waals surface area contributed by atoms with Crippen LogP contribution in [-0.2, 0) is 0 Å². The number of pyridine rings is 1. The van der Waals surface area contributed by atoms with E-state index in [1.54, 1.807) is 0 Å². The van der Waals surface area contributed by atoms with E-state index in [2.05, 4.69) is 21.5 Å². The van der Waals surface area contributed by atoms with E-state index in [1.165, 1.54) is 12.8 Å². The fraction of sp³-hybridized carbons (Fsp3) is 0.455. The third-order valence-corrected chi connectivity index (χ3v) is 3.49. The van der Waals surface area contributed by atoms with Crippen LogP contribution in [0.1, 0.15) is 25.8 Å². The van der Waals surface area contributed by atoms with E-state index < -0.39 is 0 Å². The number of imidazole rings is 1. The highest BCUT2D eigenvalue weighted by molar-refractivity contribution is 7.71. The summed E-state index contributed by atoms with van der Waals surface area (Å²) in [6.45, 7) is 2.28. The first-order valence-electron chi connectivity index (χ1n) is 5.31. The Balaban J connectivity index is 2.17. The molecule has 0 amide bonds. The lowest BCUT2D eigenvalue weighted by atomic mass is 9.82. The van der Waals surface area contributed by atoms with Crippen molar-refractivity contribution in [1.82, 2.24) is 14.5 Å². The molecule has 0 unspecified atom stereocenters. The van der Waals surface area contributed by atoms with Crippen LogP contribution < -0.4 is 0 Å². The van der Waals surface area contributed by atoms with Gasteiger partial charge in [-0.2, -0.15) is 0 Å². The molecular weight excluding hydrogens is 206 g/mol. The molecule has 1 N–H and O–H groups in total. The molecule has 1 aliphatic carbocycles. The van der Waals surface area contributed by atoms with Crippen molar-refractivity contribution in [2.75, 3.05) is 0 Å². The maximum atomic E-state index is 5.34. The first-order chi connectivity index (χ1) is 7.25. The van der Waals surface area contributed by atoms with E-state index >= 15 is 0 Å². The Hall–Kier alpha value is -1.16. The van der Waals surface area contributed by atoms with Gasteiger partial charge in [0, 0.05) is 12.2 Å². The topological polar surface area (TPSA) is 33.6 Å². The molecule has 0 atom stereocenters. The van der Waals surface area contributed by atoms with Crippen LogP contribution in [0.2, 0.25) is 0 Å². The van der Waals surface area contributed by atoms with Crippen molar-refractivity contribution in [3.05, 3.63) is 23.1 Å². The molecule has 0 aliphatic heterocycles. The second-order valence-electron chi connectivity index (χ2n) is 4.41. The SMILES string of the molecule is CC1CC(n2c(=S)[nH]c3cccnc32)C1. The molecule has 3 nitrogen and oxygen atoms in total. The highest BCUT2D eigenvalue weighted by Crippen LogP contribution is 2.38. The van der Waals surface area contributed by atoms with Gasteiger partial charge in [-0.15, -0.1) is 0 Å². The summed E-state index contributed by atoms with van der Waals surface area (Å²) in [4.78, 5) is 7.60. The van der Waals surface area contributed by atoms with Gasteiger partial charge in [0.05, 0.1) is 5.52 Å². The van der Waals surface area contributed by atoms with Crippen molar-refractivity contribution in [1.29, 1.82) is 0 Å². The summed E-state index contributed by atoms with van der Waals surface area (Å²) in [6, 6.07) is 4.51. The number of H-pyrrole nitrogens is 1. The summed E-state index contributed by atoms with van der Waals surface area (Å²) in [5, 5.41) is 0. The van der Waals surface area contributed by atoms with Crippen LogP contribution in [0.5, 0.6) is 0 Å². The average Bonchev–Trinajstić information content (AvgIpc) is 2.49. The van der Waals surface area contributed by atoms with Crippen LogP contribution in [0.4, 0.5) is 0 Å². The van der Waals surface area contributed by atoms with Crippen LogP contribution in [0, 0.1) is 10.7 Å². The molecule has 1 aliphatic rings. The summed E-state index contributed by atoms with van der Waals surface area (Å²) in [5.74, 6) is 0.825. The van der Waals surface area contributed by atoms with Gasteiger partial charge < -0.3 is 4.98 Å². The molecule has 2 aromatic heterocycles. The second-order valence-corrected chi connectivity index (χ2v) is 4.79. The molecular formula is C11H13N3S. The monoisotopic (exact) mass is 219 g/mol. The zero-order valence-corrected chi connectivity index (χ0v) is 9.42. The van der Waals surface area contributed by atoms with Crippen molar-refractivity contribution >= 4 is 23.4 Å². The van der Waals surface area contributed by atoms with Crippen LogP contribution in [0.3, 0.4) is 0 Å². The Kier molecular flexibility index (Phi) is 1.92. The minimum atomic E-state index is 0.552. The van der Waals surface area contributed by atoms with E-state index in [1.807, 2.05) is 18.3 Å². The number of aromatic nitrogens is 3. The number of hydrogen-bond acceptors (Lipinski definition) is 2. The third kappa shape index (κ3) is 1.32. The van der Waals surface area contributed by atoms with Crippen molar-refractivity contribution in [3.8, 4) is 0 Å². The predicted molar refractivity (Wildman–Crippen MR) is 62.4 cm³/mol. The lowest BCUT2D eigenvalue weighted by Crippen LogP contribution is -2.24. The molecule has 1 saturated carbocycles. The highest BCUT2D eigenvalue weighted by atomic mass is 32.1. The minimum Gasteiger partial charge on any atom is -0.329 e. The number of fused-ring (bicyclic) bond motifs is 1. The fourth-order valence-corrected chi connectivity index (χ4v) is 2.71. The zero-order valence-electron chi connectivity index (χ0n) is 8.60. The standard InChI is InChI=1S/C11H13N3S/c1-7-5-8(6-7)14-10-9(13-11(14)15)3-2-4-12-10/h2-4,7-8H,5-6H2,1H3,(H,13,15). The molecule has 0 spiro atoms. The lowest BCUT2D eigenvalue weighted by Gasteiger charge is -2.33. The van der Waals surface area contributed by atoms with Gasteiger partial charge in [0.2, 0.25) is 0 Å². The van der Waals surface area contributed by atoms with Gasteiger partial charge in [-0.05, 0) is 43.1 Å². The summed E-state index contributed by atoms with van der Waals surface area (Å²) in [7, 11) is 0. The van der Waals surface area contributed by atoms with Gasteiger partial charge in [0.15, 0.2) is 10.4 Å². The molecule has 3 rings (SSSR count). The maximum Gasteiger partial charge on any atom is 0.179 e. The number of hydrogen-bond donors (Lipinski definition) is 1. The fourth-order valence-electron chi connectivity index (χ4n) is 2.37. The first-order valence-corrected chi connectivity index (χ1v) is 5.72. The van der Waals surface area contributed by atoms with Crippen molar-refractivity contribution in [2.24, 2.45) is 5.92 Å². The summed E-state index contributed by atoms with van der Waals surface area (Å²) in [5.41, 5.74) is 2.04. The Morgan fingerprint density at radius 3 is 3.07 bits per heavy atom. The maximum absolute atomic E-state index is 5.34. The van der Waals surface area contributed by atoms with E-state index in [0.29, 0.717) is 6.04 Å². The van der Waals surface area contributed by atoms with E-state index in [0.717, 1.165) is 21.9 Å². The highest BCUT2D eigenvalue weighted by Gasteiger charge is 2.28. The molecule has 0 saturated heterocycles. The van der Waals surface area contributed by atoms with Crippen molar-refractivity contribution in [3.63, 3.8) is 0 Å². The summed E-state index contributed by atoms with van der Waals surface area (Å²) in [6.07, 6.45) is 4.26. The Labute approximate surface area is 93.1 Å². The van der Waals surface area contributed by atoms with Gasteiger partial charge in [0.1, 0.15) is 0 Å². The average molecular weight is 219 g/mol. The van der Waals surface area contributed by atoms with Gasteiger partial charge in [-0.1, -0.05) is 6.92 Å². The molecule has 1 fully saturated rings. The second kappa shape index (κ2) is 3.17. The predicted octanol–water partition coefficient (Wildman–Crippen LogP) is 3.06. The van der Waals surface area contributed by atoms with Crippen LogP contribution in [0.15, 0.2) is 18.3 Å². The van der Waals surface area contributed by atoms with Gasteiger partial charge >= 0.3 is 0 Å². The van der Waals surface area contributed by atoms with E-state index in [4.69, 9.17) is 12.2 Å².